The molecule has 2 aromatic rings. The number of Topliss-reactive ketones (excluding diaryl/α,β-unsaturated/α-hetero) is 1. The number of benzene rings is 2. The van der Waals surface area contributed by atoms with Crippen LogP contribution in [0.1, 0.15) is 15.9 Å². The average Bonchev–Trinajstić information content (AvgIpc) is 2.53. The number of fused-ring (bicyclic) bond motifs is 1. The Labute approximate surface area is 133 Å². The second-order valence-electron chi connectivity index (χ2n) is 5.08. The minimum absolute atomic E-state index is 0.0294. The van der Waals surface area contributed by atoms with Crippen LogP contribution < -0.4 is 0 Å². The third-order valence-electron chi connectivity index (χ3n) is 3.64. The molecule has 0 atom stereocenters. The number of allylic oxidation sites excluding steroid dienone is 1. The lowest BCUT2D eigenvalue weighted by Gasteiger charge is -2.27. The van der Waals surface area contributed by atoms with Crippen molar-refractivity contribution in [1.82, 2.24) is 4.31 Å². The molecule has 0 amide bonds. The van der Waals surface area contributed by atoms with Crippen LogP contribution in [0.3, 0.4) is 0 Å². The van der Waals surface area contributed by atoms with E-state index in [-0.39, 0.29) is 27.7 Å². The van der Waals surface area contributed by atoms with Gasteiger partial charge in [0.15, 0.2) is 11.5 Å². The highest BCUT2D eigenvalue weighted by Gasteiger charge is 2.36. The summed E-state index contributed by atoms with van der Waals surface area (Å²) in [7, 11) is -2.51. The van der Waals surface area contributed by atoms with E-state index in [0.717, 1.165) is 4.31 Å². The average molecular weight is 331 g/mol. The minimum Gasteiger partial charge on any atom is -0.504 e. The van der Waals surface area contributed by atoms with E-state index in [0.29, 0.717) is 5.56 Å². The number of nitrogens with zero attached hydrogens (tertiary/aromatic N) is 1. The topological polar surface area (TPSA) is 94.9 Å². The van der Waals surface area contributed by atoms with Crippen LogP contribution in [-0.4, -0.2) is 35.8 Å². The lowest BCUT2D eigenvalue weighted by molar-refractivity contribution is 0.101. The highest BCUT2D eigenvalue weighted by molar-refractivity contribution is 7.89. The molecule has 0 fully saturated rings. The fourth-order valence-electron chi connectivity index (χ4n) is 2.38. The number of ketones is 1. The molecule has 0 spiro atoms. The zero-order chi connectivity index (χ0) is 16.8. The van der Waals surface area contributed by atoms with Gasteiger partial charge in [-0.1, -0.05) is 18.2 Å². The van der Waals surface area contributed by atoms with Gasteiger partial charge in [0.05, 0.1) is 4.90 Å². The number of phenolic OH excluding ortho intramolecular Hbond substituents is 2. The number of carbonyl (C=O) groups excluding carboxylic acids is 1. The van der Waals surface area contributed by atoms with Gasteiger partial charge >= 0.3 is 0 Å². The van der Waals surface area contributed by atoms with Gasteiger partial charge in [0.1, 0.15) is 5.70 Å². The highest BCUT2D eigenvalue weighted by atomic mass is 32.2. The first-order chi connectivity index (χ1) is 10.8. The molecule has 0 radical (unpaired) electrons. The van der Waals surface area contributed by atoms with Crippen LogP contribution in [0.2, 0.25) is 0 Å². The molecule has 0 unspecified atom stereocenters. The van der Waals surface area contributed by atoms with Crippen molar-refractivity contribution in [3.63, 3.8) is 0 Å². The molecule has 0 aromatic heterocycles. The van der Waals surface area contributed by atoms with E-state index in [1.807, 2.05) is 0 Å². The number of rotatable bonds is 1. The summed E-state index contributed by atoms with van der Waals surface area (Å²) in [5.74, 6) is -1.08. The summed E-state index contributed by atoms with van der Waals surface area (Å²) in [6, 6.07) is 9.99. The lowest BCUT2D eigenvalue weighted by atomic mass is 10.1. The molecule has 0 saturated carbocycles. The first-order valence-electron chi connectivity index (χ1n) is 6.68. The van der Waals surface area contributed by atoms with Crippen molar-refractivity contribution in [1.29, 1.82) is 0 Å². The van der Waals surface area contributed by atoms with Crippen LogP contribution in [0.4, 0.5) is 0 Å². The zero-order valence-electron chi connectivity index (χ0n) is 12.1. The van der Waals surface area contributed by atoms with Gasteiger partial charge in [0.2, 0.25) is 5.78 Å². The number of hydrogen-bond acceptors (Lipinski definition) is 5. The molecule has 118 valence electrons. The van der Waals surface area contributed by atoms with Crippen LogP contribution in [0.15, 0.2) is 53.1 Å². The Morgan fingerprint density at radius 2 is 1.74 bits per heavy atom. The standard InChI is InChI=1S/C16H13NO5S/c1-17-12(8-10-6-7-13(18)14(19)9-10)16(20)11-4-2-3-5-15(11)23(17,21)22/h2-9,18-19H,1H3. The van der Waals surface area contributed by atoms with Crippen molar-refractivity contribution in [3.05, 3.63) is 59.3 Å². The van der Waals surface area contributed by atoms with Crippen LogP contribution in [0, 0.1) is 0 Å². The van der Waals surface area contributed by atoms with Crippen LogP contribution in [0.5, 0.6) is 11.5 Å². The first-order valence-corrected chi connectivity index (χ1v) is 8.12. The van der Waals surface area contributed by atoms with Crippen molar-refractivity contribution in [2.45, 2.75) is 4.90 Å². The number of aromatic hydroxyl groups is 2. The van der Waals surface area contributed by atoms with Gasteiger partial charge in [0.25, 0.3) is 10.0 Å². The molecule has 0 bridgehead atoms. The third-order valence-corrected chi connectivity index (χ3v) is 5.47. The molecular formula is C16H13NO5S. The molecule has 1 aliphatic heterocycles. The van der Waals surface area contributed by atoms with Crippen molar-refractivity contribution in [2.24, 2.45) is 0 Å². The van der Waals surface area contributed by atoms with E-state index in [1.54, 1.807) is 12.1 Å². The van der Waals surface area contributed by atoms with Crippen molar-refractivity contribution < 1.29 is 23.4 Å². The normalized spacial score (nSPS) is 18.0. The zero-order valence-corrected chi connectivity index (χ0v) is 12.9. The summed E-state index contributed by atoms with van der Waals surface area (Å²) < 4.78 is 25.9. The lowest BCUT2D eigenvalue weighted by Crippen LogP contribution is -2.36. The summed E-state index contributed by atoms with van der Waals surface area (Å²) >= 11 is 0. The molecule has 7 heteroatoms. The maximum absolute atomic E-state index is 12.6. The first kappa shape index (κ1) is 15.1. The van der Waals surface area contributed by atoms with Gasteiger partial charge in [0, 0.05) is 12.6 Å². The third kappa shape index (κ3) is 2.35. The number of phenols is 2. The molecule has 1 heterocycles. The van der Waals surface area contributed by atoms with E-state index in [1.165, 1.54) is 43.5 Å². The number of sulfonamides is 1. The number of likely N-dealkylation sites (N-methyl/N-ethyl adjacent to an activating group) is 1. The Morgan fingerprint density at radius 1 is 1.04 bits per heavy atom. The largest absolute Gasteiger partial charge is 0.504 e. The predicted molar refractivity (Wildman–Crippen MR) is 83.5 cm³/mol. The SMILES string of the molecule is CN1C(=Cc2ccc(O)c(O)c2)C(=O)c2ccccc2S1(=O)=O. The maximum atomic E-state index is 12.6. The minimum atomic E-state index is -3.81. The summed E-state index contributed by atoms with van der Waals surface area (Å²) in [4.78, 5) is 12.6. The van der Waals surface area contributed by atoms with E-state index in [4.69, 9.17) is 0 Å². The Bertz CT molecular complexity index is 947. The van der Waals surface area contributed by atoms with Gasteiger partial charge in [-0.2, -0.15) is 0 Å². The summed E-state index contributed by atoms with van der Waals surface area (Å²) in [5.41, 5.74) is 0.471. The van der Waals surface area contributed by atoms with Gasteiger partial charge in [-0.25, -0.2) is 8.42 Å². The molecule has 2 N–H and O–H groups in total. The molecule has 0 saturated heterocycles. The molecule has 0 aliphatic carbocycles. The van der Waals surface area contributed by atoms with Crippen LogP contribution in [0.25, 0.3) is 6.08 Å². The summed E-state index contributed by atoms with van der Waals surface area (Å²) in [6.07, 6.45) is 1.36. The molecule has 6 nitrogen and oxygen atoms in total. The van der Waals surface area contributed by atoms with E-state index in [9.17, 15) is 23.4 Å². The second kappa shape index (κ2) is 5.13. The van der Waals surface area contributed by atoms with Crippen LogP contribution >= 0.6 is 0 Å². The highest BCUT2D eigenvalue weighted by Crippen LogP contribution is 2.33. The summed E-state index contributed by atoms with van der Waals surface area (Å²) in [5, 5.41) is 18.8. The van der Waals surface area contributed by atoms with E-state index >= 15 is 0 Å². The Morgan fingerprint density at radius 3 is 2.43 bits per heavy atom. The van der Waals surface area contributed by atoms with Crippen molar-refractivity contribution in [2.75, 3.05) is 7.05 Å². The fraction of sp³-hybridized carbons (Fsp3) is 0.0625. The van der Waals surface area contributed by atoms with Crippen molar-refractivity contribution >= 4 is 21.9 Å². The smallest absolute Gasteiger partial charge is 0.264 e. The molecule has 23 heavy (non-hydrogen) atoms. The monoisotopic (exact) mass is 331 g/mol. The molecule has 2 aromatic carbocycles. The Kier molecular flexibility index (Phi) is 3.37. The molecule has 3 rings (SSSR count). The van der Waals surface area contributed by atoms with Gasteiger partial charge < -0.3 is 10.2 Å². The summed E-state index contributed by atoms with van der Waals surface area (Å²) in [6.45, 7) is 0. The fourth-order valence-corrected chi connectivity index (χ4v) is 3.76. The van der Waals surface area contributed by atoms with Crippen molar-refractivity contribution in [3.8, 4) is 11.5 Å². The molecular weight excluding hydrogens is 318 g/mol. The van der Waals surface area contributed by atoms with Gasteiger partial charge in [-0.05, 0) is 35.9 Å². The predicted octanol–water partition coefficient (Wildman–Crippen LogP) is 1.96. The maximum Gasteiger partial charge on any atom is 0.264 e. The van der Waals surface area contributed by atoms with E-state index in [2.05, 4.69) is 0 Å². The quantitative estimate of drug-likeness (QED) is 0.615. The number of carbonyl (C=O) groups is 1. The number of hydrogen-bond donors (Lipinski definition) is 2. The Hall–Kier alpha value is -2.80. The van der Waals surface area contributed by atoms with Gasteiger partial charge in [-0.15, -0.1) is 0 Å². The second-order valence-corrected chi connectivity index (χ2v) is 7.01. The van der Waals surface area contributed by atoms with E-state index < -0.39 is 15.8 Å². The Balaban J connectivity index is 2.19. The van der Waals surface area contributed by atoms with Crippen LogP contribution in [-0.2, 0) is 10.0 Å². The van der Waals surface area contributed by atoms with Gasteiger partial charge in [-0.3, -0.25) is 9.10 Å². The molecule has 1 aliphatic rings.